The lowest BCUT2D eigenvalue weighted by Gasteiger charge is -2.16. The van der Waals surface area contributed by atoms with E-state index >= 15 is 0 Å². The van der Waals surface area contributed by atoms with E-state index < -0.39 is 0 Å². The molecular formula is C13H15N3O2S. The first-order chi connectivity index (χ1) is 9.08. The van der Waals surface area contributed by atoms with Crippen LogP contribution in [0, 0.1) is 6.92 Å². The average Bonchev–Trinajstić information content (AvgIpc) is 2.75. The fraction of sp³-hybridized carbons (Fsp3) is 0.308. The number of nitrogens with one attached hydrogen (secondary N) is 1. The van der Waals surface area contributed by atoms with Crippen molar-refractivity contribution in [1.29, 1.82) is 0 Å². The number of aryl methyl sites for hydroxylation is 1. The summed E-state index contributed by atoms with van der Waals surface area (Å²) >= 11 is 0.960. The number of hydrogen-bond donors (Lipinski definition) is 1. The largest absolute Gasteiger partial charge is 0.341 e. The monoisotopic (exact) mass is 277 g/mol. The van der Waals surface area contributed by atoms with Crippen LogP contribution in [0.2, 0.25) is 0 Å². The summed E-state index contributed by atoms with van der Waals surface area (Å²) < 4.78 is 0. The summed E-state index contributed by atoms with van der Waals surface area (Å²) in [5.74, 6) is -0.116. The van der Waals surface area contributed by atoms with Crippen LogP contribution < -0.4 is 4.87 Å². The van der Waals surface area contributed by atoms with Crippen LogP contribution >= 0.6 is 11.3 Å². The highest BCUT2D eigenvalue weighted by atomic mass is 32.1. The molecule has 0 aliphatic carbocycles. The van der Waals surface area contributed by atoms with Crippen molar-refractivity contribution in [2.24, 2.45) is 0 Å². The first-order valence-electron chi connectivity index (χ1n) is 5.92. The molecule has 0 unspecified atom stereocenters. The first-order valence-corrected chi connectivity index (χ1v) is 6.73. The SMILES string of the molecule is Cc1[nH]c(=O)sc1C(=O)N(C)CCc1ccncc1. The Hall–Kier alpha value is -1.95. The second-order valence-electron chi connectivity index (χ2n) is 4.30. The van der Waals surface area contributed by atoms with Gasteiger partial charge in [0.1, 0.15) is 4.88 Å². The molecule has 5 nitrogen and oxygen atoms in total. The zero-order valence-corrected chi connectivity index (χ0v) is 11.7. The second-order valence-corrected chi connectivity index (χ2v) is 5.28. The molecular weight excluding hydrogens is 262 g/mol. The lowest BCUT2D eigenvalue weighted by atomic mass is 10.2. The normalized spacial score (nSPS) is 10.4. The van der Waals surface area contributed by atoms with Crippen LogP contribution in [0.4, 0.5) is 0 Å². The molecule has 100 valence electrons. The molecule has 1 amide bonds. The summed E-state index contributed by atoms with van der Waals surface area (Å²) in [5, 5.41) is 0. The number of aromatic nitrogens is 2. The molecule has 0 saturated carbocycles. The van der Waals surface area contributed by atoms with Crippen LogP contribution in [0.3, 0.4) is 0 Å². The molecule has 2 heterocycles. The van der Waals surface area contributed by atoms with E-state index in [9.17, 15) is 9.59 Å². The highest BCUT2D eigenvalue weighted by Gasteiger charge is 2.17. The Bertz CT molecular complexity index is 618. The van der Waals surface area contributed by atoms with E-state index in [1.54, 1.807) is 31.3 Å². The maximum Gasteiger partial charge on any atom is 0.305 e. The van der Waals surface area contributed by atoms with Crippen molar-refractivity contribution in [3.8, 4) is 0 Å². The van der Waals surface area contributed by atoms with Gasteiger partial charge in [-0.05, 0) is 31.0 Å². The number of pyridine rings is 1. The number of thiazole rings is 1. The molecule has 0 aliphatic heterocycles. The molecule has 0 aromatic carbocycles. The van der Waals surface area contributed by atoms with Crippen LogP contribution in [0.1, 0.15) is 20.9 Å². The van der Waals surface area contributed by atoms with Crippen molar-refractivity contribution in [2.75, 3.05) is 13.6 Å². The molecule has 6 heteroatoms. The highest BCUT2D eigenvalue weighted by Crippen LogP contribution is 2.11. The standard InChI is InChI=1S/C13H15N3O2S/c1-9-11(19-13(18)15-9)12(17)16(2)8-5-10-3-6-14-7-4-10/h3-4,6-7H,5,8H2,1-2H3,(H,15,18). The Morgan fingerprint density at radius 1 is 1.42 bits per heavy atom. The molecule has 0 spiro atoms. The minimum Gasteiger partial charge on any atom is -0.341 e. The van der Waals surface area contributed by atoms with E-state index in [-0.39, 0.29) is 10.8 Å². The van der Waals surface area contributed by atoms with Gasteiger partial charge in [0.25, 0.3) is 5.91 Å². The lowest BCUT2D eigenvalue weighted by molar-refractivity contribution is 0.0800. The molecule has 2 aromatic heterocycles. The predicted octanol–water partition coefficient (Wildman–Crippen LogP) is 1.45. The Balaban J connectivity index is 2.00. The number of amides is 1. The molecule has 0 fully saturated rings. The van der Waals surface area contributed by atoms with Crippen molar-refractivity contribution in [2.45, 2.75) is 13.3 Å². The van der Waals surface area contributed by atoms with Gasteiger partial charge in [-0.3, -0.25) is 14.6 Å². The molecule has 2 rings (SSSR count). The smallest absolute Gasteiger partial charge is 0.305 e. The fourth-order valence-electron chi connectivity index (χ4n) is 1.73. The van der Waals surface area contributed by atoms with Crippen molar-refractivity contribution in [3.05, 3.63) is 50.3 Å². The summed E-state index contributed by atoms with van der Waals surface area (Å²) in [7, 11) is 1.74. The van der Waals surface area contributed by atoms with E-state index in [0.717, 1.165) is 23.3 Å². The van der Waals surface area contributed by atoms with E-state index in [0.29, 0.717) is 17.1 Å². The predicted molar refractivity (Wildman–Crippen MR) is 74.6 cm³/mol. The Morgan fingerprint density at radius 3 is 2.68 bits per heavy atom. The average molecular weight is 277 g/mol. The van der Waals surface area contributed by atoms with E-state index in [1.807, 2.05) is 12.1 Å². The number of aromatic amines is 1. The molecule has 0 bridgehead atoms. The topological polar surface area (TPSA) is 66.1 Å². The van der Waals surface area contributed by atoms with Gasteiger partial charge in [-0.25, -0.2) is 0 Å². The minimum absolute atomic E-state index is 0.116. The van der Waals surface area contributed by atoms with E-state index in [4.69, 9.17) is 0 Å². The van der Waals surface area contributed by atoms with Gasteiger partial charge >= 0.3 is 4.87 Å². The quantitative estimate of drug-likeness (QED) is 0.920. The van der Waals surface area contributed by atoms with Crippen molar-refractivity contribution in [1.82, 2.24) is 14.9 Å². The fourth-order valence-corrected chi connectivity index (χ4v) is 2.57. The zero-order valence-electron chi connectivity index (χ0n) is 10.8. The van der Waals surface area contributed by atoms with Crippen molar-refractivity contribution >= 4 is 17.2 Å². The summed E-state index contributed by atoms with van der Waals surface area (Å²) in [5.41, 5.74) is 1.77. The zero-order chi connectivity index (χ0) is 13.8. The highest BCUT2D eigenvalue weighted by molar-refractivity contribution is 7.11. The van der Waals surface area contributed by atoms with Crippen LogP contribution in [-0.2, 0) is 6.42 Å². The Labute approximate surface area is 114 Å². The van der Waals surface area contributed by atoms with Crippen LogP contribution in [-0.4, -0.2) is 34.4 Å². The third-order valence-electron chi connectivity index (χ3n) is 2.85. The van der Waals surface area contributed by atoms with Gasteiger partial charge in [0.2, 0.25) is 0 Å². The van der Waals surface area contributed by atoms with Crippen LogP contribution in [0.25, 0.3) is 0 Å². The maximum absolute atomic E-state index is 12.2. The lowest BCUT2D eigenvalue weighted by Crippen LogP contribution is -2.28. The van der Waals surface area contributed by atoms with Gasteiger partial charge in [0, 0.05) is 31.7 Å². The van der Waals surface area contributed by atoms with E-state index in [2.05, 4.69) is 9.97 Å². The first kappa shape index (κ1) is 13.5. The molecule has 0 aliphatic rings. The molecule has 19 heavy (non-hydrogen) atoms. The number of H-pyrrole nitrogens is 1. The van der Waals surface area contributed by atoms with Crippen molar-refractivity contribution < 1.29 is 4.79 Å². The van der Waals surface area contributed by atoms with Gasteiger partial charge in [-0.2, -0.15) is 0 Å². The minimum atomic E-state index is -0.191. The number of hydrogen-bond acceptors (Lipinski definition) is 4. The van der Waals surface area contributed by atoms with Gasteiger partial charge in [-0.15, -0.1) is 0 Å². The maximum atomic E-state index is 12.2. The van der Waals surface area contributed by atoms with Crippen molar-refractivity contribution in [3.63, 3.8) is 0 Å². The third-order valence-corrected chi connectivity index (χ3v) is 3.82. The molecule has 0 atom stereocenters. The molecule has 0 saturated heterocycles. The Kier molecular flexibility index (Phi) is 4.11. The molecule has 2 aromatic rings. The van der Waals surface area contributed by atoms with Gasteiger partial charge < -0.3 is 9.88 Å². The second kappa shape index (κ2) is 5.79. The number of carbonyl (C=O) groups is 1. The van der Waals surface area contributed by atoms with E-state index in [1.165, 1.54) is 0 Å². The summed E-state index contributed by atoms with van der Waals surface area (Å²) in [6.07, 6.45) is 4.24. The number of carbonyl (C=O) groups excluding carboxylic acids is 1. The Morgan fingerprint density at radius 2 is 2.11 bits per heavy atom. The van der Waals surface area contributed by atoms with Gasteiger partial charge in [0.05, 0.1) is 0 Å². The van der Waals surface area contributed by atoms with Gasteiger partial charge in [0.15, 0.2) is 0 Å². The molecule has 0 radical (unpaired) electrons. The van der Waals surface area contributed by atoms with Gasteiger partial charge in [-0.1, -0.05) is 11.3 Å². The number of rotatable bonds is 4. The third kappa shape index (κ3) is 3.29. The van der Waals surface area contributed by atoms with Crippen LogP contribution in [0.15, 0.2) is 29.3 Å². The summed E-state index contributed by atoms with van der Waals surface area (Å²) in [4.78, 5) is 31.9. The molecule has 1 N–H and O–H groups in total. The summed E-state index contributed by atoms with van der Waals surface area (Å²) in [6, 6.07) is 3.86. The number of nitrogens with zero attached hydrogens (tertiary/aromatic N) is 2. The number of likely N-dealkylation sites (N-methyl/N-ethyl adjacent to an activating group) is 1. The summed E-state index contributed by atoms with van der Waals surface area (Å²) in [6.45, 7) is 2.34. The van der Waals surface area contributed by atoms with Crippen LogP contribution in [0.5, 0.6) is 0 Å².